The number of nitrogens with zero attached hydrogens (tertiary/aromatic N) is 2. The van der Waals surface area contributed by atoms with Crippen molar-refractivity contribution in [2.45, 2.75) is 44.8 Å². The van der Waals surface area contributed by atoms with Gasteiger partial charge in [0.15, 0.2) is 0 Å². The zero-order valence-corrected chi connectivity index (χ0v) is 23.1. The van der Waals surface area contributed by atoms with E-state index in [0.717, 1.165) is 0 Å². The Morgan fingerprint density at radius 2 is 1.71 bits per heavy atom. The van der Waals surface area contributed by atoms with Crippen LogP contribution in [0.25, 0.3) is 28.7 Å². The maximum Gasteiger partial charge on any atom is 1.00 e. The molecule has 2 unspecified atom stereocenters. The van der Waals surface area contributed by atoms with Crippen LogP contribution in [0.3, 0.4) is 0 Å². The van der Waals surface area contributed by atoms with Gasteiger partial charge in [-0.2, -0.15) is 0 Å². The number of benzene rings is 2. The minimum absolute atomic E-state index is 0. The maximum absolute atomic E-state index is 13.6. The summed E-state index contributed by atoms with van der Waals surface area (Å²) in [7, 11) is 0. The molecular weight excluding hydrogens is 505 g/mol. The number of rotatable bonds is 9. The number of hydrogen-bond acceptors (Lipinski definition) is 5. The van der Waals surface area contributed by atoms with Crippen LogP contribution in [-0.2, 0) is 4.79 Å². The number of aliphatic carboxylic acids is 1. The second-order valence-corrected chi connectivity index (χ2v) is 9.10. The van der Waals surface area contributed by atoms with E-state index >= 15 is 0 Å². The Morgan fingerprint density at radius 1 is 1.11 bits per heavy atom. The first-order chi connectivity index (χ1) is 16.0. The Labute approximate surface area is 235 Å². The van der Waals surface area contributed by atoms with E-state index in [0.29, 0.717) is 38.4 Å². The number of hydrogen-bond donors (Lipinski definition) is 2. The van der Waals surface area contributed by atoms with E-state index in [9.17, 15) is 24.5 Å². The van der Waals surface area contributed by atoms with Gasteiger partial charge in [0.25, 0.3) is 0 Å². The third-order valence-electron chi connectivity index (χ3n) is 5.08. The number of carbonyl (C=O) groups is 1. The van der Waals surface area contributed by atoms with Crippen LogP contribution in [0.15, 0.2) is 48.5 Å². The molecule has 3 rings (SSSR count). The molecule has 1 aromatic heterocycles. The second kappa shape index (κ2) is 13.0. The fourth-order valence-electron chi connectivity index (χ4n) is 3.60. The van der Waals surface area contributed by atoms with Gasteiger partial charge in [-0.15, -0.1) is 0 Å². The molecule has 180 valence electrons. The molecule has 10 heteroatoms. The van der Waals surface area contributed by atoms with Crippen LogP contribution in [-0.4, -0.2) is 37.9 Å². The van der Waals surface area contributed by atoms with Gasteiger partial charge in [0.1, 0.15) is 11.6 Å². The summed E-state index contributed by atoms with van der Waals surface area (Å²) >= 11 is 12.5. The molecule has 2 N–H and O–H groups in total. The number of aliphatic hydroxyl groups excluding tert-OH is 2. The summed E-state index contributed by atoms with van der Waals surface area (Å²) in [6, 6.07) is 11.0. The largest absolute Gasteiger partial charge is 1.00 e. The zero-order valence-electron chi connectivity index (χ0n) is 19.6. The van der Waals surface area contributed by atoms with Gasteiger partial charge in [-0.1, -0.05) is 37.0 Å². The van der Waals surface area contributed by atoms with Crippen molar-refractivity contribution in [3.63, 3.8) is 0 Å². The SMILES string of the molecule is CC(C)c1nc(-c2ccc(F)cc2)c(-c2cc(Cl)cc(Cl)c2)n1/C=C/C(O)CC(O)CC(=O)[O-].[Na+]. The van der Waals surface area contributed by atoms with Gasteiger partial charge in [-0.05, 0) is 48.5 Å². The summed E-state index contributed by atoms with van der Waals surface area (Å²) in [5.74, 6) is -1.15. The molecule has 0 fully saturated rings. The Hall–Kier alpha value is -1.71. The van der Waals surface area contributed by atoms with E-state index in [1.165, 1.54) is 18.2 Å². The van der Waals surface area contributed by atoms with E-state index in [-0.39, 0.29) is 47.7 Å². The maximum atomic E-state index is 13.6. The first-order valence-electron chi connectivity index (χ1n) is 10.6. The van der Waals surface area contributed by atoms with Crippen LogP contribution in [0.4, 0.5) is 4.39 Å². The predicted molar refractivity (Wildman–Crippen MR) is 129 cm³/mol. The number of aromatic nitrogens is 2. The van der Waals surface area contributed by atoms with E-state index < -0.39 is 24.6 Å². The van der Waals surface area contributed by atoms with Gasteiger partial charge < -0.3 is 24.7 Å². The molecular formula is C25H24Cl2FN2NaO4. The van der Waals surface area contributed by atoms with Gasteiger partial charge in [0.2, 0.25) is 0 Å². The number of aliphatic hydroxyl groups is 2. The third kappa shape index (κ3) is 7.89. The minimum Gasteiger partial charge on any atom is -0.550 e. The van der Waals surface area contributed by atoms with E-state index in [2.05, 4.69) is 0 Å². The molecule has 0 amide bonds. The second-order valence-electron chi connectivity index (χ2n) is 8.23. The quantitative estimate of drug-likeness (QED) is 0.410. The summed E-state index contributed by atoms with van der Waals surface area (Å²) in [5.41, 5.74) is 2.52. The average Bonchev–Trinajstić information content (AvgIpc) is 3.11. The molecule has 35 heavy (non-hydrogen) atoms. The number of carbonyl (C=O) groups excluding carboxylic acids is 1. The van der Waals surface area contributed by atoms with Crippen molar-refractivity contribution in [2.75, 3.05) is 0 Å². The van der Waals surface area contributed by atoms with Crippen molar-refractivity contribution in [2.24, 2.45) is 0 Å². The number of imidazole rings is 1. The normalized spacial score (nSPS) is 13.1. The Bertz CT molecular complexity index is 1180. The molecule has 0 aliphatic carbocycles. The van der Waals surface area contributed by atoms with Crippen LogP contribution >= 0.6 is 23.2 Å². The first-order valence-corrected chi connectivity index (χ1v) is 11.4. The molecule has 0 radical (unpaired) electrons. The standard InChI is InChI=1S/C25H25Cl2FN2O4.Na/c1-14(2)25-29-23(15-3-5-19(28)6-4-15)24(16-9-17(26)11-18(27)10-16)30(25)8-7-20(31)12-21(32)13-22(33)34;/h3-11,14,20-21,31-32H,12-13H2,1-2H3,(H,33,34);/q;+1/p-1/b8-7+;. The summed E-state index contributed by atoms with van der Waals surface area (Å²) < 4.78 is 15.4. The van der Waals surface area contributed by atoms with Crippen LogP contribution in [0.2, 0.25) is 10.0 Å². The average molecular weight is 529 g/mol. The van der Waals surface area contributed by atoms with Crippen molar-refractivity contribution in [3.8, 4) is 22.5 Å². The molecule has 6 nitrogen and oxygen atoms in total. The molecule has 3 aromatic rings. The smallest absolute Gasteiger partial charge is 0.550 e. The van der Waals surface area contributed by atoms with Crippen molar-refractivity contribution < 1.29 is 54.1 Å². The van der Waals surface area contributed by atoms with Gasteiger partial charge in [-0.3, -0.25) is 0 Å². The molecule has 1 heterocycles. The summed E-state index contributed by atoms with van der Waals surface area (Å²) in [5, 5.41) is 31.7. The molecule has 2 aromatic carbocycles. The fourth-order valence-corrected chi connectivity index (χ4v) is 4.13. The molecule has 2 atom stereocenters. The molecule has 0 bridgehead atoms. The van der Waals surface area contributed by atoms with Crippen LogP contribution < -0.4 is 34.7 Å². The van der Waals surface area contributed by atoms with Gasteiger partial charge >= 0.3 is 29.6 Å². The van der Waals surface area contributed by atoms with Crippen molar-refractivity contribution in [3.05, 3.63) is 70.2 Å². The molecule has 0 aliphatic rings. The summed E-state index contributed by atoms with van der Waals surface area (Å²) in [6.07, 6.45) is -0.0839. The van der Waals surface area contributed by atoms with Gasteiger partial charge in [-0.25, -0.2) is 9.37 Å². The number of halogens is 3. The third-order valence-corrected chi connectivity index (χ3v) is 5.52. The summed E-state index contributed by atoms with van der Waals surface area (Å²) in [4.78, 5) is 15.5. The van der Waals surface area contributed by atoms with Gasteiger partial charge in [0.05, 0.1) is 23.6 Å². The Morgan fingerprint density at radius 3 is 2.26 bits per heavy atom. The monoisotopic (exact) mass is 528 g/mol. The molecule has 0 aliphatic heterocycles. The van der Waals surface area contributed by atoms with Gasteiger partial charge in [0, 0.05) is 52.1 Å². The minimum atomic E-state index is -1.40. The number of carboxylic acid groups (broad SMARTS) is 1. The van der Waals surface area contributed by atoms with Crippen LogP contribution in [0, 0.1) is 5.82 Å². The Balaban J connectivity index is 0.00000432. The van der Waals surface area contributed by atoms with Crippen LogP contribution in [0.1, 0.15) is 38.4 Å². The molecule has 0 saturated carbocycles. The van der Waals surface area contributed by atoms with E-state index in [4.69, 9.17) is 28.2 Å². The zero-order chi connectivity index (χ0) is 25.0. The van der Waals surface area contributed by atoms with Crippen molar-refractivity contribution >= 4 is 35.4 Å². The number of carboxylic acids is 1. The van der Waals surface area contributed by atoms with Crippen molar-refractivity contribution in [1.82, 2.24) is 9.55 Å². The van der Waals surface area contributed by atoms with Crippen LogP contribution in [0.5, 0.6) is 0 Å². The van der Waals surface area contributed by atoms with E-state index in [1.54, 1.807) is 41.1 Å². The van der Waals surface area contributed by atoms with E-state index in [1.807, 2.05) is 13.8 Å². The Kier molecular flexibility index (Phi) is 11.0. The first kappa shape index (κ1) is 29.5. The predicted octanol–water partition coefficient (Wildman–Crippen LogP) is 1.51. The fraction of sp³-hybridized carbons (Fsp3) is 0.280. The molecule has 0 spiro atoms. The summed E-state index contributed by atoms with van der Waals surface area (Å²) in [6.45, 7) is 3.91. The topological polar surface area (TPSA) is 98.4 Å². The van der Waals surface area contributed by atoms with Crippen molar-refractivity contribution in [1.29, 1.82) is 0 Å². The molecule has 0 saturated heterocycles.